The van der Waals surface area contributed by atoms with E-state index in [2.05, 4.69) is 4.98 Å². The normalized spacial score (nSPS) is 28.4. The van der Waals surface area contributed by atoms with Crippen molar-refractivity contribution in [2.24, 2.45) is 11.8 Å². The van der Waals surface area contributed by atoms with Gasteiger partial charge in [0, 0.05) is 35.3 Å². The van der Waals surface area contributed by atoms with Crippen LogP contribution in [-0.2, 0) is 0 Å². The van der Waals surface area contributed by atoms with E-state index >= 15 is 0 Å². The molecule has 7 heteroatoms. The predicted octanol–water partition coefficient (Wildman–Crippen LogP) is 3.74. The third kappa shape index (κ3) is 2.17. The number of H-pyrrole nitrogens is 1. The van der Waals surface area contributed by atoms with E-state index in [0.717, 1.165) is 36.2 Å². The summed E-state index contributed by atoms with van der Waals surface area (Å²) in [4.78, 5) is 19.3. The Morgan fingerprint density at radius 1 is 1.15 bits per heavy atom. The van der Waals surface area contributed by atoms with Crippen LogP contribution in [0.25, 0.3) is 16.5 Å². The van der Waals surface area contributed by atoms with Crippen molar-refractivity contribution >= 4 is 10.8 Å². The lowest BCUT2D eigenvalue weighted by molar-refractivity contribution is 0.0671. The minimum Gasteiger partial charge on any atom is -0.329 e. The van der Waals surface area contributed by atoms with Gasteiger partial charge in [0.25, 0.3) is 11.5 Å². The number of rotatable bonds is 3. The van der Waals surface area contributed by atoms with Crippen molar-refractivity contribution in [2.45, 2.75) is 43.4 Å². The van der Waals surface area contributed by atoms with E-state index in [1.54, 1.807) is 16.9 Å². The van der Waals surface area contributed by atoms with Crippen LogP contribution in [0.1, 0.15) is 49.2 Å². The predicted molar refractivity (Wildman–Crippen MR) is 95.4 cm³/mol. The van der Waals surface area contributed by atoms with Crippen molar-refractivity contribution in [3.63, 3.8) is 0 Å². The van der Waals surface area contributed by atoms with Crippen molar-refractivity contribution in [2.75, 3.05) is 0 Å². The van der Waals surface area contributed by atoms with Crippen molar-refractivity contribution in [3.05, 3.63) is 52.5 Å². The van der Waals surface area contributed by atoms with E-state index in [0.29, 0.717) is 23.5 Å². The molecule has 3 aromatic rings. The third-order valence-electron chi connectivity index (χ3n) is 6.41. The largest absolute Gasteiger partial charge is 0.329 e. The average molecular weight is 368 g/mol. The van der Waals surface area contributed by atoms with Gasteiger partial charge in [-0.15, -0.1) is 0 Å². The highest BCUT2D eigenvalue weighted by Crippen LogP contribution is 2.69. The lowest BCUT2D eigenvalue weighted by atomic mass is 10.0. The number of halogens is 2. The number of hydrogen-bond donors (Lipinski definition) is 1. The zero-order valence-electron chi connectivity index (χ0n) is 14.5. The standard InChI is InChI=1S/C20H18F2N4O/c21-20(22)15-6-5-14(16(15)20)18-24-17(10-1-2-10)25-26(18)12-3-4-13-11(9-12)7-8-23-19(13)27/h3-4,7-10,14-16H,1-2,5-6H2,(H,23,27). The molecule has 3 unspecified atom stereocenters. The van der Waals surface area contributed by atoms with E-state index in [1.807, 2.05) is 18.2 Å². The van der Waals surface area contributed by atoms with Gasteiger partial charge in [-0.2, -0.15) is 5.10 Å². The maximum absolute atomic E-state index is 14.0. The second kappa shape index (κ2) is 5.03. The summed E-state index contributed by atoms with van der Waals surface area (Å²) < 4.78 is 29.8. The van der Waals surface area contributed by atoms with E-state index in [-0.39, 0.29) is 11.5 Å². The molecule has 0 bridgehead atoms. The van der Waals surface area contributed by atoms with Crippen molar-refractivity contribution < 1.29 is 8.78 Å². The average Bonchev–Trinajstić information content (AvgIpc) is 3.43. The summed E-state index contributed by atoms with van der Waals surface area (Å²) in [6, 6.07) is 7.30. The molecule has 0 aliphatic heterocycles. The van der Waals surface area contributed by atoms with Crippen LogP contribution in [0.5, 0.6) is 0 Å². The van der Waals surface area contributed by atoms with Gasteiger partial charge in [0.05, 0.1) is 5.69 Å². The Labute approximate surface area is 153 Å². The Balaban J connectivity index is 1.49. The van der Waals surface area contributed by atoms with Crippen LogP contribution in [0.15, 0.2) is 35.3 Å². The van der Waals surface area contributed by atoms with Crippen LogP contribution < -0.4 is 5.56 Å². The summed E-state index contributed by atoms with van der Waals surface area (Å²) in [6.45, 7) is 0. The van der Waals surface area contributed by atoms with E-state index in [1.165, 1.54) is 0 Å². The Morgan fingerprint density at radius 3 is 2.74 bits per heavy atom. The molecule has 3 aliphatic rings. The molecule has 6 rings (SSSR count). The lowest BCUT2D eigenvalue weighted by Gasteiger charge is -2.15. The Hall–Kier alpha value is -2.57. The number of hydrogen-bond acceptors (Lipinski definition) is 3. The minimum atomic E-state index is -2.56. The SMILES string of the molecule is O=c1[nH]ccc2cc(-n3nc(C4CC4)nc3C3CCC4C3C4(F)F)ccc12. The molecule has 1 N–H and O–H groups in total. The Kier molecular flexibility index (Phi) is 2.88. The van der Waals surface area contributed by atoms with Gasteiger partial charge in [0.1, 0.15) is 5.82 Å². The summed E-state index contributed by atoms with van der Waals surface area (Å²) >= 11 is 0. The molecule has 3 fully saturated rings. The topological polar surface area (TPSA) is 63.6 Å². The van der Waals surface area contributed by atoms with Crippen LogP contribution >= 0.6 is 0 Å². The molecule has 3 saturated carbocycles. The number of benzene rings is 1. The zero-order valence-corrected chi connectivity index (χ0v) is 14.5. The highest BCUT2D eigenvalue weighted by atomic mass is 19.3. The summed E-state index contributed by atoms with van der Waals surface area (Å²) in [5.74, 6) is -2.13. The Morgan fingerprint density at radius 2 is 2.00 bits per heavy atom. The third-order valence-corrected chi connectivity index (χ3v) is 6.41. The first kappa shape index (κ1) is 15.5. The molecule has 0 saturated heterocycles. The van der Waals surface area contributed by atoms with E-state index < -0.39 is 17.8 Å². The first-order chi connectivity index (χ1) is 13.0. The van der Waals surface area contributed by atoms with Gasteiger partial charge in [0.15, 0.2) is 5.82 Å². The van der Waals surface area contributed by atoms with Gasteiger partial charge in [-0.3, -0.25) is 4.79 Å². The summed E-state index contributed by atoms with van der Waals surface area (Å²) in [7, 11) is 0. The molecule has 2 aromatic heterocycles. The van der Waals surface area contributed by atoms with Crippen molar-refractivity contribution in [1.82, 2.24) is 19.7 Å². The number of pyridine rings is 1. The first-order valence-electron chi connectivity index (χ1n) is 9.50. The van der Waals surface area contributed by atoms with Crippen molar-refractivity contribution in [3.8, 4) is 5.69 Å². The van der Waals surface area contributed by atoms with Crippen LogP contribution in [0, 0.1) is 11.8 Å². The molecular weight excluding hydrogens is 350 g/mol. The molecule has 0 spiro atoms. The van der Waals surface area contributed by atoms with Crippen LogP contribution in [0.4, 0.5) is 8.78 Å². The maximum atomic E-state index is 14.0. The second-order valence-electron chi connectivity index (χ2n) is 8.08. The fourth-order valence-corrected chi connectivity index (χ4v) is 4.76. The minimum absolute atomic E-state index is 0.146. The fourth-order valence-electron chi connectivity index (χ4n) is 4.76. The van der Waals surface area contributed by atoms with Crippen molar-refractivity contribution in [1.29, 1.82) is 0 Å². The lowest BCUT2D eigenvalue weighted by Crippen LogP contribution is -2.14. The number of nitrogens with one attached hydrogen (secondary N) is 1. The number of nitrogens with zero attached hydrogens (tertiary/aromatic N) is 3. The number of aromatic nitrogens is 4. The van der Waals surface area contributed by atoms with Gasteiger partial charge in [-0.25, -0.2) is 18.4 Å². The van der Waals surface area contributed by atoms with Crippen LogP contribution in [-0.4, -0.2) is 25.7 Å². The monoisotopic (exact) mass is 368 g/mol. The molecular formula is C20H18F2N4O. The molecule has 3 atom stereocenters. The maximum Gasteiger partial charge on any atom is 0.255 e. The van der Waals surface area contributed by atoms with Gasteiger partial charge >= 0.3 is 0 Å². The van der Waals surface area contributed by atoms with Crippen LogP contribution in [0.3, 0.4) is 0 Å². The fraction of sp³-hybridized carbons (Fsp3) is 0.450. The van der Waals surface area contributed by atoms with Gasteiger partial charge < -0.3 is 4.98 Å². The van der Waals surface area contributed by atoms with E-state index in [9.17, 15) is 13.6 Å². The molecule has 0 amide bonds. The Bertz CT molecular complexity index is 1130. The highest BCUT2D eigenvalue weighted by Gasteiger charge is 2.74. The van der Waals surface area contributed by atoms with Crippen LogP contribution in [0.2, 0.25) is 0 Å². The van der Waals surface area contributed by atoms with Gasteiger partial charge in [-0.1, -0.05) is 0 Å². The molecule has 138 valence electrons. The number of alkyl halides is 2. The highest BCUT2D eigenvalue weighted by molar-refractivity contribution is 5.83. The van der Waals surface area contributed by atoms with Gasteiger partial charge in [-0.05, 0) is 55.3 Å². The van der Waals surface area contributed by atoms with Gasteiger partial charge in [0.2, 0.25) is 0 Å². The van der Waals surface area contributed by atoms with E-state index in [4.69, 9.17) is 10.1 Å². The number of aromatic amines is 1. The number of fused-ring (bicyclic) bond motifs is 2. The summed E-state index contributed by atoms with van der Waals surface area (Å²) in [6.07, 6.45) is 5.02. The molecule has 0 radical (unpaired) electrons. The summed E-state index contributed by atoms with van der Waals surface area (Å²) in [5, 5.41) is 6.09. The first-order valence-corrected chi connectivity index (χ1v) is 9.50. The molecule has 1 aromatic carbocycles. The molecule has 2 heterocycles. The molecule has 5 nitrogen and oxygen atoms in total. The zero-order chi connectivity index (χ0) is 18.3. The smallest absolute Gasteiger partial charge is 0.255 e. The second-order valence-corrected chi connectivity index (χ2v) is 8.08. The quantitative estimate of drug-likeness (QED) is 0.766. The molecule has 27 heavy (non-hydrogen) atoms. The molecule has 3 aliphatic carbocycles. The summed E-state index contributed by atoms with van der Waals surface area (Å²) in [5.41, 5.74) is 0.628.